The molecule has 0 radical (unpaired) electrons. The Balaban J connectivity index is 2.19. The Hall–Kier alpha value is -3.86. The predicted molar refractivity (Wildman–Crippen MR) is 109 cm³/mol. The minimum absolute atomic E-state index is 0.0283. The van der Waals surface area contributed by atoms with Crippen LogP contribution < -0.4 is 14.8 Å². The molecule has 2 aromatic rings. The quantitative estimate of drug-likeness (QED) is 0.310. The van der Waals surface area contributed by atoms with Gasteiger partial charge in [-0.1, -0.05) is 26.0 Å². The molecule has 0 fully saturated rings. The van der Waals surface area contributed by atoms with Gasteiger partial charge in [0.2, 0.25) is 0 Å². The molecular formula is C21H21N3O5. The number of nitriles is 1. The highest BCUT2D eigenvalue weighted by molar-refractivity contribution is 6.10. The average Bonchev–Trinajstić information content (AvgIpc) is 2.71. The van der Waals surface area contributed by atoms with Crippen molar-refractivity contribution in [3.63, 3.8) is 0 Å². The van der Waals surface area contributed by atoms with Crippen LogP contribution >= 0.6 is 0 Å². The van der Waals surface area contributed by atoms with Gasteiger partial charge in [0.1, 0.15) is 28.8 Å². The second-order valence-electron chi connectivity index (χ2n) is 6.54. The first-order chi connectivity index (χ1) is 13.8. The maximum Gasteiger partial charge on any atom is 0.296 e. The number of carbonyl (C=O) groups is 1. The van der Waals surface area contributed by atoms with E-state index < -0.39 is 10.8 Å². The van der Waals surface area contributed by atoms with Crippen LogP contribution in [0.3, 0.4) is 0 Å². The third-order valence-corrected chi connectivity index (χ3v) is 3.79. The molecule has 0 aliphatic carbocycles. The average molecular weight is 395 g/mol. The fourth-order valence-corrected chi connectivity index (χ4v) is 2.32. The SMILES string of the molecule is COc1ccc(NC(=O)/C(C#N)=C/c2ccc(OCC(C)C)cc2)c([N+](=O)[O-])c1. The van der Waals surface area contributed by atoms with Crippen LogP contribution in [0.1, 0.15) is 19.4 Å². The monoisotopic (exact) mass is 395 g/mol. The van der Waals surface area contributed by atoms with Crippen molar-refractivity contribution in [2.24, 2.45) is 5.92 Å². The van der Waals surface area contributed by atoms with E-state index in [1.54, 1.807) is 24.3 Å². The predicted octanol–water partition coefficient (Wildman–Crippen LogP) is 4.18. The molecule has 2 aromatic carbocycles. The molecule has 0 aliphatic heterocycles. The number of nitro groups is 1. The van der Waals surface area contributed by atoms with Gasteiger partial charge in [-0.2, -0.15) is 5.26 Å². The van der Waals surface area contributed by atoms with E-state index >= 15 is 0 Å². The molecule has 1 amide bonds. The first-order valence-electron chi connectivity index (χ1n) is 8.82. The first-order valence-corrected chi connectivity index (χ1v) is 8.82. The summed E-state index contributed by atoms with van der Waals surface area (Å²) in [6.07, 6.45) is 1.40. The molecule has 0 aromatic heterocycles. The molecule has 0 saturated carbocycles. The summed E-state index contributed by atoms with van der Waals surface area (Å²) >= 11 is 0. The number of hydrogen-bond donors (Lipinski definition) is 1. The van der Waals surface area contributed by atoms with E-state index in [1.165, 1.54) is 31.4 Å². The van der Waals surface area contributed by atoms with Crippen molar-refractivity contribution < 1.29 is 19.2 Å². The standard InChI is InChI=1S/C21H21N3O5/c1-14(2)13-29-17-6-4-15(5-7-17)10-16(12-22)21(25)23-19-9-8-18(28-3)11-20(19)24(26)27/h4-11,14H,13H2,1-3H3,(H,23,25)/b16-10+. The van der Waals surface area contributed by atoms with E-state index in [-0.39, 0.29) is 22.7 Å². The van der Waals surface area contributed by atoms with Crippen LogP contribution in [0.2, 0.25) is 0 Å². The zero-order valence-corrected chi connectivity index (χ0v) is 16.3. The van der Waals surface area contributed by atoms with Gasteiger partial charge in [-0.05, 0) is 41.8 Å². The second-order valence-corrected chi connectivity index (χ2v) is 6.54. The number of anilines is 1. The minimum atomic E-state index is -0.749. The molecule has 2 rings (SSSR count). The van der Waals surface area contributed by atoms with Crippen molar-refractivity contribution in [2.45, 2.75) is 13.8 Å². The minimum Gasteiger partial charge on any atom is -0.496 e. The molecular weight excluding hydrogens is 374 g/mol. The van der Waals surface area contributed by atoms with Gasteiger partial charge in [0, 0.05) is 0 Å². The number of amides is 1. The lowest BCUT2D eigenvalue weighted by Crippen LogP contribution is -2.14. The van der Waals surface area contributed by atoms with Crippen LogP contribution in [-0.2, 0) is 4.79 Å². The number of nitrogens with one attached hydrogen (secondary N) is 1. The van der Waals surface area contributed by atoms with E-state index in [1.807, 2.05) is 19.9 Å². The lowest BCUT2D eigenvalue weighted by molar-refractivity contribution is -0.384. The normalized spacial score (nSPS) is 10.9. The van der Waals surface area contributed by atoms with E-state index in [0.29, 0.717) is 23.8 Å². The lowest BCUT2D eigenvalue weighted by atomic mass is 10.1. The zero-order chi connectivity index (χ0) is 21.4. The Kier molecular flexibility index (Phi) is 7.32. The number of methoxy groups -OCH3 is 1. The van der Waals surface area contributed by atoms with E-state index in [9.17, 15) is 20.2 Å². The Morgan fingerprint density at radius 3 is 2.45 bits per heavy atom. The number of ether oxygens (including phenoxy) is 2. The number of hydrogen-bond acceptors (Lipinski definition) is 6. The Morgan fingerprint density at radius 1 is 1.24 bits per heavy atom. The maximum atomic E-state index is 12.4. The van der Waals surface area contributed by atoms with Crippen molar-refractivity contribution in [3.05, 3.63) is 63.7 Å². The molecule has 0 saturated heterocycles. The molecule has 1 N–H and O–H groups in total. The van der Waals surface area contributed by atoms with E-state index in [4.69, 9.17) is 9.47 Å². The van der Waals surface area contributed by atoms with Crippen LogP contribution in [0.15, 0.2) is 48.0 Å². The molecule has 8 nitrogen and oxygen atoms in total. The smallest absolute Gasteiger partial charge is 0.296 e. The van der Waals surface area contributed by atoms with Crippen molar-refractivity contribution in [1.29, 1.82) is 5.26 Å². The molecule has 150 valence electrons. The molecule has 0 aliphatic rings. The summed E-state index contributed by atoms with van der Waals surface area (Å²) < 4.78 is 10.6. The van der Waals surface area contributed by atoms with Gasteiger partial charge >= 0.3 is 0 Å². The number of nitrogens with zero attached hydrogens (tertiary/aromatic N) is 2. The number of carbonyl (C=O) groups excluding carboxylic acids is 1. The Morgan fingerprint density at radius 2 is 1.90 bits per heavy atom. The van der Waals surface area contributed by atoms with Gasteiger partial charge in [0.15, 0.2) is 0 Å². The van der Waals surface area contributed by atoms with Crippen LogP contribution in [0.25, 0.3) is 6.08 Å². The Labute approximate surface area is 168 Å². The van der Waals surface area contributed by atoms with Crippen LogP contribution in [0.5, 0.6) is 11.5 Å². The fraction of sp³-hybridized carbons (Fsp3) is 0.238. The summed E-state index contributed by atoms with van der Waals surface area (Å²) in [5.74, 6) is 0.615. The zero-order valence-electron chi connectivity index (χ0n) is 16.3. The first kappa shape index (κ1) is 21.4. The van der Waals surface area contributed by atoms with Crippen molar-refractivity contribution in [1.82, 2.24) is 0 Å². The number of nitro benzene ring substituents is 1. The molecule has 8 heteroatoms. The fourth-order valence-electron chi connectivity index (χ4n) is 2.32. The summed E-state index contributed by atoms with van der Waals surface area (Å²) in [6, 6.07) is 12.8. The van der Waals surface area contributed by atoms with Gasteiger partial charge < -0.3 is 14.8 Å². The highest BCUT2D eigenvalue weighted by Crippen LogP contribution is 2.29. The summed E-state index contributed by atoms with van der Waals surface area (Å²) in [7, 11) is 1.38. The third kappa shape index (κ3) is 6.07. The molecule has 0 spiro atoms. The highest BCUT2D eigenvalue weighted by atomic mass is 16.6. The summed E-state index contributed by atoms with van der Waals surface area (Å²) in [4.78, 5) is 23.0. The molecule has 0 atom stereocenters. The van der Waals surface area contributed by atoms with Gasteiger partial charge in [-0.3, -0.25) is 14.9 Å². The molecule has 0 heterocycles. The third-order valence-electron chi connectivity index (χ3n) is 3.79. The van der Waals surface area contributed by atoms with Crippen molar-refractivity contribution in [2.75, 3.05) is 19.0 Å². The van der Waals surface area contributed by atoms with Gasteiger partial charge in [-0.25, -0.2) is 0 Å². The van der Waals surface area contributed by atoms with Crippen molar-refractivity contribution in [3.8, 4) is 17.6 Å². The highest BCUT2D eigenvalue weighted by Gasteiger charge is 2.19. The van der Waals surface area contributed by atoms with Crippen LogP contribution in [0, 0.1) is 27.4 Å². The number of benzene rings is 2. The lowest BCUT2D eigenvalue weighted by Gasteiger charge is -2.09. The van der Waals surface area contributed by atoms with E-state index in [2.05, 4.69) is 5.32 Å². The maximum absolute atomic E-state index is 12.4. The topological polar surface area (TPSA) is 114 Å². The second kappa shape index (κ2) is 9.90. The van der Waals surface area contributed by atoms with E-state index in [0.717, 1.165) is 0 Å². The molecule has 0 bridgehead atoms. The van der Waals surface area contributed by atoms with Crippen molar-refractivity contribution >= 4 is 23.4 Å². The van der Waals surface area contributed by atoms with Gasteiger partial charge in [0.25, 0.3) is 11.6 Å². The van der Waals surface area contributed by atoms with Crippen LogP contribution in [0.4, 0.5) is 11.4 Å². The number of rotatable bonds is 8. The van der Waals surface area contributed by atoms with Gasteiger partial charge in [-0.15, -0.1) is 0 Å². The molecule has 0 unspecified atom stereocenters. The summed E-state index contributed by atoms with van der Waals surface area (Å²) in [5.41, 5.74) is 0.0739. The summed E-state index contributed by atoms with van der Waals surface area (Å²) in [5, 5.41) is 23.0. The molecule has 29 heavy (non-hydrogen) atoms. The van der Waals surface area contributed by atoms with Gasteiger partial charge in [0.05, 0.1) is 24.7 Å². The Bertz CT molecular complexity index is 959. The largest absolute Gasteiger partial charge is 0.496 e. The summed E-state index contributed by atoms with van der Waals surface area (Å²) in [6.45, 7) is 4.67. The van der Waals surface area contributed by atoms with Crippen LogP contribution in [-0.4, -0.2) is 24.5 Å².